The number of nitrogens with zero attached hydrogens (tertiary/aromatic N) is 2. The molecule has 0 bridgehead atoms. The predicted octanol–water partition coefficient (Wildman–Crippen LogP) is 4.34. The summed E-state index contributed by atoms with van der Waals surface area (Å²) in [5.74, 6) is -0.0651. The molecule has 0 unspecified atom stereocenters. The Labute approximate surface area is 198 Å². The van der Waals surface area contributed by atoms with E-state index in [1.807, 2.05) is 23.1 Å². The summed E-state index contributed by atoms with van der Waals surface area (Å²) in [7, 11) is 1.46. The van der Waals surface area contributed by atoms with Crippen LogP contribution in [0.3, 0.4) is 0 Å². The highest BCUT2D eigenvalue weighted by atomic mass is 19.1. The molecule has 2 aromatic heterocycles. The number of aromatic nitrogens is 2. The van der Waals surface area contributed by atoms with Crippen molar-refractivity contribution in [1.82, 2.24) is 20.2 Å². The van der Waals surface area contributed by atoms with E-state index in [1.54, 1.807) is 6.07 Å². The summed E-state index contributed by atoms with van der Waals surface area (Å²) in [6.45, 7) is 4.42. The number of aromatic amines is 1. The molecule has 6 nitrogen and oxygen atoms in total. The van der Waals surface area contributed by atoms with Gasteiger partial charge in [0.15, 0.2) is 11.6 Å². The zero-order chi connectivity index (χ0) is 23.7. The summed E-state index contributed by atoms with van der Waals surface area (Å²) in [5, 5.41) is 5.52. The van der Waals surface area contributed by atoms with Crippen molar-refractivity contribution in [3.8, 4) is 5.75 Å². The summed E-state index contributed by atoms with van der Waals surface area (Å²) in [6, 6.07) is 13.3. The van der Waals surface area contributed by atoms with Gasteiger partial charge in [-0.3, -0.25) is 9.78 Å². The molecule has 1 aliphatic heterocycles. The highest BCUT2D eigenvalue weighted by Crippen LogP contribution is 2.35. The maximum atomic E-state index is 14.4. The van der Waals surface area contributed by atoms with Gasteiger partial charge >= 0.3 is 0 Å². The Hall–Kier alpha value is -3.45. The van der Waals surface area contributed by atoms with Crippen molar-refractivity contribution in [2.75, 3.05) is 26.7 Å². The molecule has 0 radical (unpaired) electrons. The van der Waals surface area contributed by atoms with Gasteiger partial charge in [0, 0.05) is 29.3 Å². The standard InChI is InChI=1S/C27H29FN4O2/c1-3-11-29-15-25(33)32-12-10-19-23(16-32)30-22(14-17-8-9-24(34-2)20(28)13-17)27-26(19)18-6-4-5-7-21(18)31-27/h4-9,13,29,31H,3,10-12,14-16H2,1-2H3. The number of carbonyl (C=O) groups excluding carboxylic acids is 1. The minimum Gasteiger partial charge on any atom is -0.494 e. The second-order valence-corrected chi connectivity index (χ2v) is 8.79. The number of carbonyl (C=O) groups is 1. The fraction of sp³-hybridized carbons (Fsp3) is 0.333. The molecule has 0 fully saturated rings. The number of fused-ring (bicyclic) bond motifs is 5. The molecule has 2 N–H and O–H groups in total. The third-order valence-corrected chi connectivity index (χ3v) is 6.53. The van der Waals surface area contributed by atoms with Crippen molar-refractivity contribution < 1.29 is 13.9 Å². The van der Waals surface area contributed by atoms with Crippen LogP contribution in [0.15, 0.2) is 42.5 Å². The van der Waals surface area contributed by atoms with Gasteiger partial charge in [0.1, 0.15) is 0 Å². The number of methoxy groups -OCH3 is 1. The van der Waals surface area contributed by atoms with E-state index in [0.29, 0.717) is 26.1 Å². The molecule has 1 aliphatic rings. The molecule has 1 amide bonds. The predicted molar refractivity (Wildman–Crippen MR) is 132 cm³/mol. The molecule has 5 rings (SSSR count). The number of hydrogen-bond acceptors (Lipinski definition) is 4. The first-order valence-corrected chi connectivity index (χ1v) is 11.8. The fourth-order valence-electron chi connectivity index (χ4n) is 4.85. The lowest BCUT2D eigenvalue weighted by Gasteiger charge is -2.29. The molecular weight excluding hydrogens is 431 g/mol. The number of rotatable bonds is 7. The maximum Gasteiger partial charge on any atom is 0.236 e. The van der Waals surface area contributed by atoms with E-state index >= 15 is 0 Å². The molecule has 2 aromatic carbocycles. The first-order chi connectivity index (χ1) is 16.6. The van der Waals surface area contributed by atoms with Gasteiger partial charge in [0.25, 0.3) is 0 Å². The van der Waals surface area contributed by atoms with E-state index in [2.05, 4.69) is 29.4 Å². The van der Waals surface area contributed by atoms with E-state index in [9.17, 15) is 9.18 Å². The molecule has 3 heterocycles. The first kappa shape index (κ1) is 22.3. The van der Waals surface area contributed by atoms with Crippen LogP contribution in [-0.2, 0) is 24.2 Å². The van der Waals surface area contributed by atoms with Gasteiger partial charge in [-0.05, 0) is 48.7 Å². The summed E-state index contributed by atoms with van der Waals surface area (Å²) >= 11 is 0. The lowest BCUT2D eigenvalue weighted by atomic mass is 9.96. The first-order valence-electron chi connectivity index (χ1n) is 11.8. The van der Waals surface area contributed by atoms with Crippen molar-refractivity contribution >= 4 is 27.7 Å². The molecule has 7 heteroatoms. The monoisotopic (exact) mass is 460 g/mol. The van der Waals surface area contributed by atoms with Crippen LogP contribution in [0.4, 0.5) is 4.39 Å². The van der Waals surface area contributed by atoms with Crippen molar-refractivity contribution in [2.24, 2.45) is 0 Å². The largest absolute Gasteiger partial charge is 0.494 e. The van der Waals surface area contributed by atoms with E-state index < -0.39 is 0 Å². The Morgan fingerprint density at radius 1 is 1.26 bits per heavy atom. The third kappa shape index (κ3) is 4.12. The quantitative estimate of drug-likeness (QED) is 0.403. The number of amides is 1. The zero-order valence-corrected chi connectivity index (χ0v) is 19.6. The Balaban J connectivity index is 1.56. The second kappa shape index (κ2) is 9.43. The summed E-state index contributed by atoms with van der Waals surface area (Å²) in [6.07, 6.45) is 2.23. The minimum atomic E-state index is -0.387. The van der Waals surface area contributed by atoms with Gasteiger partial charge in [0.05, 0.1) is 37.1 Å². The number of pyridine rings is 1. The van der Waals surface area contributed by atoms with E-state index in [-0.39, 0.29) is 17.5 Å². The number of benzene rings is 2. The molecule has 0 atom stereocenters. The van der Waals surface area contributed by atoms with Gasteiger partial charge in [-0.25, -0.2) is 4.39 Å². The Morgan fingerprint density at radius 2 is 2.12 bits per heavy atom. The van der Waals surface area contributed by atoms with Gasteiger partial charge in [0.2, 0.25) is 5.91 Å². The van der Waals surface area contributed by atoms with Crippen LogP contribution < -0.4 is 10.1 Å². The van der Waals surface area contributed by atoms with Crippen LogP contribution in [0.5, 0.6) is 5.75 Å². The third-order valence-electron chi connectivity index (χ3n) is 6.53. The molecule has 0 saturated carbocycles. The van der Waals surface area contributed by atoms with Crippen LogP contribution in [0.25, 0.3) is 21.8 Å². The highest BCUT2D eigenvalue weighted by Gasteiger charge is 2.26. The van der Waals surface area contributed by atoms with Gasteiger partial charge in [-0.15, -0.1) is 0 Å². The Bertz CT molecular complexity index is 1360. The fourth-order valence-corrected chi connectivity index (χ4v) is 4.85. The summed E-state index contributed by atoms with van der Waals surface area (Å²) < 4.78 is 19.4. The van der Waals surface area contributed by atoms with Crippen LogP contribution in [0.1, 0.15) is 35.9 Å². The van der Waals surface area contributed by atoms with Crippen molar-refractivity contribution in [2.45, 2.75) is 32.7 Å². The van der Waals surface area contributed by atoms with Crippen molar-refractivity contribution in [3.05, 3.63) is 70.8 Å². The summed E-state index contributed by atoms with van der Waals surface area (Å²) in [4.78, 5) is 23.2. The smallest absolute Gasteiger partial charge is 0.236 e. The van der Waals surface area contributed by atoms with Gasteiger partial charge < -0.3 is 19.9 Å². The maximum absolute atomic E-state index is 14.4. The number of halogens is 1. The summed E-state index contributed by atoms with van der Waals surface area (Å²) in [5.41, 5.74) is 5.84. The number of H-pyrrole nitrogens is 1. The topological polar surface area (TPSA) is 70.2 Å². The second-order valence-electron chi connectivity index (χ2n) is 8.79. The Morgan fingerprint density at radius 3 is 2.91 bits per heavy atom. The lowest BCUT2D eigenvalue weighted by Crippen LogP contribution is -2.41. The minimum absolute atomic E-state index is 0.0960. The van der Waals surface area contributed by atoms with Crippen molar-refractivity contribution in [3.63, 3.8) is 0 Å². The van der Waals surface area contributed by atoms with Gasteiger partial charge in [-0.1, -0.05) is 31.2 Å². The number of hydrogen-bond donors (Lipinski definition) is 2. The van der Waals surface area contributed by atoms with E-state index in [0.717, 1.165) is 52.8 Å². The normalized spacial score (nSPS) is 13.4. The molecule has 4 aromatic rings. The van der Waals surface area contributed by atoms with Gasteiger partial charge in [-0.2, -0.15) is 0 Å². The Kier molecular flexibility index (Phi) is 6.20. The molecular formula is C27H29FN4O2. The SMILES string of the molecule is CCCNCC(=O)N1CCc2c(nc(Cc3ccc(OC)c(F)c3)c3[nH]c4ccccc4c23)C1. The molecule has 176 valence electrons. The number of ether oxygens (including phenoxy) is 1. The van der Waals surface area contributed by atoms with Crippen LogP contribution in [0.2, 0.25) is 0 Å². The average molecular weight is 461 g/mol. The van der Waals surface area contributed by atoms with Crippen LogP contribution in [0, 0.1) is 5.82 Å². The molecule has 0 spiro atoms. The lowest BCUT2D eigenvalue weighted by molar-refractivity contribution is -0.131. The van der Waals surface area contributed by atoms with Crippen LogP contribution in [-0.4, -0.2) is 47.5 Å². The number of nitrogens with one attached hydrogen (secondary N) is 2. The molecule has 0 aliphatic carbocycles. The molecule has 34 heavy (non-hydrogen) atoms. The highest BCUT2D eigenvalue weighted by molar-refractivity contribution is 6.10. The van der Waals surface area contributed by atoms with E-state index in [1.165, 1.54) is 24.1 Å². The zero-order valence-electron chi connectivity index (χ0n) is 19.6. The van der Waals surface area contributed by atoms with Crippen LogP contribution >= 0.6 is 0 Å². The van der Waals surface area contributed by atoms with E-state index in [4.69, 9.17) is 9.72 Å². The molecule has 0 saturated heterocycles. The average Bonchev–Trinajstić information content (AvgIpc) is 3.24. The van der Waals surface area contributed by atoms with Crippen molar-refractivity contribution in [1.29, 1.82) is 0 Å². The number of para-hydroxylation sites is 1.